The number of benzene rings is 1. The molecule has 0 aliphatic rings. The fourth-order valence-corrected chi connectivity index (χ4v) is 1.76. The van der Waals surface area contributed by atoms with Gasteiger partial charge in [0.05, 0.1) is 6.20 Å². The van der Waals surface area contributed by atoms with Gasteiger partial charge in [0, 0.05) is 12.1 Å². The Morgan fingerprint density at radius 2 is 1.63 bits per heavy atom. The molecular formula is C16H23N3. The van der Waals surface area contributed by atoms with E-state index in [4.69, 9.17) is 0 Å². The minimum absolute atomic E-state index is 0.161. The lowest BCUT2D eigenvalue weighted by Gasteiger charge is -2.38. The van der Waals surface area contributed by atoms with Crippen molar-refractivity contribution in [1.29, 1.82) is 0 Å². The van der Waals surface area contributed by atoms with Crippen molar-refractivity contribution < 1.29 is 0 Å². The largest absolute Gasteiger partial charge is 0.251 e. The smallest absolute Gasteiger partial charge is 0.113 e. The molecule has 0 saturated heterocycles. The maximum Gasteiger partial charge on any atom is 0.113 e. The number of rotatable bonds is 3. The SMILES string of the molecule is CC(C)(C)C(C)(C)Cn1cc(-c2ccccc2)nn1. The van der Waals surface area contributed by atoms with Crippen LogP contribution in [0.5, 0.6) is 0 Å². The summed E-state index contributed by atoms with van der Waals surface area (Å²) in [7, 11) is 0. The normalized spacial score (nSPS) is 12.7. The van der Waals surface area contributed by atoms with Crippen LogP contribution in [0.15, 0.2) is 36.5 Å². The number of nitrogens with zero attached hydrogens (tertiary/aromatic N) is 3. The van der Waals surface area contributed by atoms with Gasteiger partial charge in [-0.2, -0.15) is 0 Å². The Bertz CT molecular complexity index is 533. The molecule has 102 valence electrons. The van der Waals surface area contributed by atoms with Gasteiger partial charge in [-0.3, -0.25) is 4.68 Å². The minimum Gasteiger partial charge on any atom is -0.251 e. The highest BCUT2D eigenvalue weighted by Crippen LogP contribution is 2.39. The van der Waals surface area contributed by atoms with Crippen LogP contribution in [0.3, 0.4) is 0 Å². The van der Waals surface area contributed by atoms with E-state index in [0.717, 1.165) is 17.8 Å². The van der Waals surface area contributed by atoms with Crippen molar-refractivity contribution in [3.8, 4) is 11.3 Å². The second-order valence-electron chi connectivity index (χ2n) is 6.80. The van der Waals surface area contributed by atoms with Gasteiger partial charge in [0.15, 0.2) is 0 Å². The van der Waals surface area contributed by atoms with Gasteiger partial charge < -0.3 is 0 Å². The van der Waals surface area contributed by atoms with Gasteiger partial charge >= 0.3 is 0 Å². The fourth-order valence-electron chi connectivity index (χ4n) is 1.76. The summed E-state index contributed by atoms with van der Waals surface area (Å²) in [6.45, 7) is 12.2. The molecule has 0 saturated carbocycles. The van der Waals surface area contributed by atoms with Crippen LogP contribution in [0, 0.1) is 10.8 Å². The molecule has 0 N–H and O–H groups in total. The minimum atomic E-state index is 0.161. The molecule has 0 aliphatic carbocycles. The van der Waals surface area contributed by atoms with E-state index in [1.165, 1.54) is 0 Å². The molecule has 1 aromatic heterocycles. The Morgan fingerprint density at radius 1 is 1.00 bits per heavy atom. The van der Waals surface area contributed by atoms with Crippen molar-refractivity contribution >= 4 is 0 Å². The quantitative estimate of drug-likeness (QED) is 0.831. The summed E-state index contributed by atoms with van der Waals surface area (Å²) in [6.07, 6.45) is 2.03. The molecule has 0 fully saturated rings. The summed E-state index contributed by atoms with van der Waals surface area (Å²) >= 11 is 0. The van der Waals surface area contributed by atoms with Crippen molar-refractivity contribution in [3.63, 3.8) is 0 Å². The highest BCUT2D eigenvalue weighted by atomic mass is 15.4. The predicted molar refractivity (Wildman–Crippen MR) is 78.7 cm³/mol. The third kappa shape index (κ3) is 3.03. The van der Waals surface area contributed by atoms with Gasteiger partial charge in [0.2, 0.25) is 0 Å². The molecule has 3 nitrogen and oxygen atoms in total. The van der Waals surface area contributed by atoms with Crippen molar-refractivity contribution in [3.05, 3.63) is 36.5 Å². The van der Waals surface area contributed by atoms with E-state index < -0.39 is 0 Å². The molecule has 2 rings (SSSR count). The van der Waals surface area contributed by atoms with Crippen LogP contribution in [0.1, 0.15) is 34.6 Å². The summed E-state index contributed by atoms with van der Waals surface area (Å²) in [5.74, 6) is 0. The lowest BCUT2D eigenvalue weighted by molar-refractivity contribution is 0.102. The summed E-state index contributed by atoms with van der Waals surface area (Å²) in [4.78, 5) is 0. The van der Waals surface area contributed by atoms with Crippen LogP contribution in [0.2, 0.25) is 0 Å². The number of aromatic nitrogens is 3. The molecule has 0 radical (unpaired) electrons. The highest BCUT2D eigenvalue weighted by molar-refractivity contribution is 5.57. The van der Waals surface area contributed by atoms with E-state index in [-0.39, 0.29) is 10.8 Å². The summed E-state index contributed by atoms with van der Waals surface area (Å²) < 4.78 is 1.95. The van der Waals surface area contributed by atoms with E-state index in [1.807, 2.05) is 29.1 Å². The Hall–Kier alpha value is -1.64. The zero-order valence-corrected chi connectivity index (χ0v) is 12.5. The van der Waals surface area contributed by atoms with Crippen molar-refractivity contribution in [1.82, 2.24) is 15.0 Å². The molecule has 0 atom stereocenters. The lowest BCUT2D eigenvalue weighted by Crippen LogP contribution is -2.34. The van der Waals surface area contributed by atoms with Crippen LogP contribution in [-0.4, -0.2) is 15.0 Å². The first-order chi connectivity index (χ1) is 8.79. The van der Waals surface area contributed by atoms with Gasteiger partial charge in [-0.15, -0.1) is 5.10 Å². The average molecular weight is 257 g/mol. The zero-order valence-electron chi connectivity index (χ0n) is 12.5. The molecule has 0 aliphatic heterocycles. The Balaban J connectivity index is 2.19. The maximum absolute atomic E-state index is 4.27. The number of hydrogen-bond acceptors (Lipinski definition) is 2. The molecule has 0 bridgehead atoms. The molecule has 0 spiro atoms. The van der Waals surface area contributed by atoms with E-state index in [0.29, 0.717) is 0 Å². The zero-order chi connectivity index (χ0) is 14.1. The average Bonchev–Trinajstić information content (AvgIpc) is 2.76. The van der Waals surface area contributed by atoms with Gasteiger partial charge in [-0.05, 0) is 10.8 Å². The van der Waals surface area contributed by atoms with Gasteiger partial charge in [-0.25, -0.2) is 0 Å². The lowest BCUT2D eigenvalue weighted by atomic mass is 9.69. The Labute approximate surface area is 115 Å². The molecule has 3 heteroatoms. The highest BCUT2D eigenvalue weighted by Gasteiger charge is 2.33. The maximum atomic E-state index is 4.27. The van der Waals surface area contributed by atoms with Gasteiger partial charge in [0.1, 0.15) is 5.69 Å². The second kappa shape index (κ2) is 4.80. The molecule has 0 unspecified atom stereocenters. The van der Waals surface area contributed by atoms with E-state index in [9.17, 15) is 0 Å². The first-order valence-corrected chi connectivity index (χ1v) is 6.75. The molecule has 19 heavy (non-hydrogen) atoms. The monoisotopic (exact) mass is 257 g/mol. The molecule has 0 amide bonds. The number of hydrogen-bond donors (Lipinski definition) is 0. The molecule has 2 aromatic rings. The first kappa shape index (κ1) is 13.8. The Kier molecular flexibility index (Phi) is 3.48. The second-order valence-corrected chi connectivity index (χ2v) is 6.80. The van der Waals surface area contributed by atoms with E-state index in [2.05, 4.69) is 57.1 Å². The van der Waals surface area contributed by atoms with Crippen molar-refractivity contribution in [2.45, 2.75) is 41.2 Å². The summed E-state index contributed by atoms with van der Waals surface area (Å²) in [5.41, 5.74) is 2.44. The van der Waals surface area contributed by atoms with Crippen LogP contribution in [-0.2, 0) is 6.54 Å². The third-order valence-corrected chi connectivity index (χ3v) is 4.20. The first-order valence-electron chi connectivity index (χ1n) is 6.75. The molecular weight excluding hydrogens is 234 g/mol. The molecule has 1 aromatic carbocycles. The molecule has 1 heterocycles. The summed E-state index contributed by atoms with van der Waals surface area (Å²) in [5, 5.41) is 8.52. The standard InChI is InChI=1S/C16H23N3/c1-15(2,3)16(4,5)12-19-11-14(17-18-19)13-9-7-6-8-10-13/h6-11H,12H2,1-5H3. The van der Waals surface area contributed by atoms with Crippen molar-refractivity contribution in [2.75, 3.05) is 0 Å². The van der Waals surface area contributed by atoms with Crippen molar-refractivity contribution in [2.24, 2.45) is 10.8 Å². The van der Waals surface area contributed by atoms with E-state index in [1.54, 1.807) is 0 Å². The third-order valence-electron chi connectivity index (χ3n) is 4.20. The van der Waals surface area contributed by atoms with Crippen LogP contribution >= 0.6 is 0 Å². The van der Waals surface area contributed by atoms with Crippen LogP contribution in [0.25, 0.3) is 11.3 Å². The van der Waals surface area contributed by atoms with Crippen LogP contribution in [0.4, 0.5) is 0 Å². The predicted octanol–water partition coefficient (Wildman–Crippen LogP) is 4.02. The fraction of sp³-hybridized carbons (Fsp3) is 0.500. The van der Waals surface area contributed by atoms with Crippen LogP contribution < -0.4 is 0 Å². The van der Waals surface area contributed by atoms with Gasteiger partial charge in [0.25, 0.3) is 0 Å². The topological polar surface area (TPSA) is 30.7 Å². The Morgan fingerprint density at radius 3 is 2.21 bits per heavy atom. The van der Waals surface area contributed by atoms with E-state index >= 15 is 0 Å². The van der Waals surface area contributed by atoms with Gasteiger partial charge in [-0.1, -0.05) is 70.2 Å². The summed E-state index contributed by atoms with van der Waals surface area (Å²) in [6, 6.07) is 10.2.